The van der Waals surface area contributed by atoms with Gasteiger partial charge in [-0.1, -0.05) is 0 Å². The maximum Gasteiger partial charge on any atom is 0.339 e. The van der Waals surface area contributed by atoms with Crippen LogP contribution in [0.3, 0.4) is 0 Å². The van der Waals surface area contributed by atoms with Crippen molar-refractivity contribution in [2.75, 3.05) is 13.8 Å². The van der Waals surface area contributed by atoms with E-state index in [0.29, 0.717) is 0 Å². The Hall–Kier alpha value is 0.310. The van der Waals surface area contributed by atoms with E-state index in [1.807, 2.05) is 13.8 Å². The van der Waals surface area contributed by atoms with Crippen LogP contribution in [-0.4, -0.2) is 24.7 Å². The summed E-state index contributed by atoms with van der Waals surface area (Å²) in [4.78, 5) is 9.27. The largest absolute Gasteiger partial charge is 0.339 e. The van der Waals surface area contributed by atoms with Crippen LogP contribution in [0.25, 0.3) is 0 Å². The average molecular weight is 152 g/mol. The first-order valence-corrected chi connectivity index (χ1v) is 5.01. The Labute approximate surface area is 57.0 Å². The van der Waals surface area contributed by atoms with E-state index in [4.69, 9.17) is 4.52 Å². The first kappa shape index (κ1) is 9.31. The normalized spacial score (nSPS) is 18.0. The van der Waals surface area contributed by atoms with Gasteiger partial charge < -0.3 is 0 Å². The number of hydrogen-bond acceptors (Lipinski definition) is 3. The molecule has 0 radical (unpaired) electrons. The van der Waals surface area contributed by atoms with E-state index in [0.717, 1.165) is 0 Å². The standard InChI is InChI=1S/C5H15NO2P/c1-5(2)6-9(4,7)8-3/h5-7H,1-4H3/q+1. The van der Waals surface area contributed by atoms with E-state index in [2.05, 4.69) is 5.09 Å². The van der Waals surface area contributed by atoms with Gasteiger partial charge in [0.2, 0.25) is 0 Å². The molecule has 0 aliphatic rings. The Kier molecular flexibility index (Phi) is 3.59. The second-order valence-corrected chi connectivity index (χ2v) is 4.73. The fourth-order valence-corrected chi connectivity index (χ4v) is 1.60. The highest BCUT2D eigenvalue weighted by Gasteiger charge is 2.29. The fourth-order valence-electron chi connectivity index (χ4n) is 0.532. The van der Waals surface area contributed by atoms with Gasteiger partial charge in [0.15, 0.2) is 0 Å². The van der Waals surface area contributed by atoms with Crippen molar-refractivity contribution in [2.24, 2.45) is 0 Å². The van der Waals surface area contributed by atoms with Crippen molar-refractivity contribution in [1.29, 1.82) is 0 Å². The van der Waals surface area contributed by atoms with E-state index >= 15 is 0 Å². The fraction of sp³-hybridized carbons (Fsp3) is 1.00. The minimum atomic E-state index is -2.23. The number of rotatable bonds is 3. The van der Waals surface area contributed by atoms with E-state index in [-0.39, 0.29) is 6.04 Å². The van der Waals surface area contributed by atoms with Gasteiger partial charge in [0.1, 0.15) is 6.66 Å². The molecule has 0 heterocycles. The summed E-state index contributed by atoms with van der Waals surface area (Å²) in [6.07, 6.45) is 0. The van der Waals surface area contributed by atoms with Crippen LogP contribution in [0.4, 0.5) is 0 Å². The lowest BCUT2D eigenvalue weighted by Gasteiger charge is -2.14. The molecule has 4 heteroatoms. The molecule has 0 fully saturated rings. The van der Waals surface area contributed by atoms with Crippen LogP contribution in [0.2, 0.25) is 0 Å². The zero-order chi connectivity index (χ0) is 7.49. The van der Waals surface area contributed by atoms with Gasteiger partial charge >= 0.3 is 7.87 Å². The second kappa shape index (κ2) is 3.47. The van der Waals surface area contributed by atoms with Crippen LogP contribution >= 0.6 is 7.87 Å². The van der Waals surface area contributed by atoms with Crippen LogP contribution in [-0.2, 0) is 4.52 Å². The smallest absolute Gasteiger partial charge is 0.202 e. The third-order valence-electron chi connectivity index (χ3n) is 0.853. The number of hydrogen-bond donors (Lipinski definition) is 2. The molecule has 0 bridgehead atoms. The van der Waals surface area contributed by atoms with E-state index < -0.39 is 7.87 Å². The van der Waals surface area contributed by atoms with Gasteiger partial charge in [-0.2, -0.15) is 4.52 Å². The van der Waals surface area contributed by atoms with Crippen molar-refractivity contribution in [2.45, 2.75) is 19.9 Å². The molecule has 0 aromatic carbocycles. The summed E-state index contributed by atoms with van der Waals surface area (Å²) in [6, 6.07) is 0.272. The summed E-state index contributed by atoms with van der Waals surface area (Å²) >= 11 is 0. The van der Waals surface area contributed by atoms with Gasteiger partial charge in [0.05, 0.1) is 7.11 Å². The van der Waals surface area contributed by atoms with Crippen molar-refractivity contribution >= 4 is 7.87 Å². The lowest BCUT2D eigenvalue weighted by atomic mass is 10.4. The topological polar surface area (TPSA) is 41.5 Å². The molecule has 0 saturated heterocycles. The summed E-state index contributed by atoms with van der Waals surface area (Å²) in [5.74, 6) is 0. The molecule has 0 aliphatic carbocycles. The first-order valence-electron chi connectivity index (χ1n) is 2.91. The average Bonchev–Trinajstić information content (AvgIpc) is 1.63. The lowest BCUT2D eigenvalue weighted by Crippen LogP contribution is -2.23. The maximum atomic E-state index is 9.27. The molecule has 9 heavy (non-hydrogen) atoms. The lowest BCUT2D eigenvalue weighted by molar-refractivity contribution is 0.353. The molecular formula is C5H15NO2P+. The molecule has 1 unspecified atom stereocenters. The molecule has 0 aromatic rings. The predicted molar refractivity (Wildman–Crippen MR) is 40.3 cm³/mol. The Morgan fingerprint density at radius 1 is 1.56 bits per heavy atom. The van der Waals surface area contributed by atoms with E-state index in [9.17, 15) is 4.89 Å². The maximum absolute atomic E-state index is 9.27. The highest BCUT2D eigenvalue weighted by Crippen LogP contribution is 2.46. The molecule has 56 valence electrons. The molecule has 2 N–H and O–H groups in total. The Bertz CT molecular complexity index is 85.0. The molecule has 0 aliphatic heterocycles. The minimum absolute atomic E-state index is 0.272. The van der Waals surface area contributed by atoms with Gasteiger partial charge in [0.25, 0.3) is 0 Å². The Morgan fingerprint density at radius 3 is 2.11 bits per heavy atom. The molecule has 0 saturated carbocycles. The van der Waals surface area contributed by atoms with Crippen LogP contribution in [0.5, 0.6) is 0 Å². The Balaban J connectivity index is 3.58. The van der Waals surface area contributed by atoms with Gasteiger partial charge in [-0.15, -0.1) is 5.09 Å². The summed E-state index contributed by atoms with van der Waals surface area (Å²) in [7, 11) is -0.726. The van der Waals surface area contributed by atoms with Gasteiger partial charge in [0, 0.05) is 6.04 Å². The van der Waals surface area contributed by atoms with Crippen molar-refractivity contribution in [1.82, 2.24) is 5.09 Å². The predicted octanol–water partition coefficient (Wildman–Crippen LogP) is 1.02. The molecule has 0 spiro atoms. The SMILES string of the molecule is CO[P+](C)(O)NC(C)C. The van der Waals surface area contributed by atoms with Gasteiger partial charge in [-0.3, -0.25) is 0 Å². The van der Waals surface area contributed by atoms with Crippen LogP contribution in [0.15, 0.2) is 0 Å². The summed E-state index contributed by atoms with van der Waals surface area (Å²) < 4.78 is 4.80. The molecule has 3 nitrogen and oxygen atoms in total. The van der Waals surface area contributed by atoms with E-state index in [1.165, 1.54) is 7.11 Å². The summed E-state index contributed by atoms with van der Waals surface area (Å²) in [5, 5.41) is 2.91. The van der Waals surface area contributed by atoms with Crippen LogP contribution < -0.4 is 5.09 Å². The monoisotopic (exact) mass is 152 g/mol. The zero-order valence-corrected chi connectivity index (χ0v) is 7.27. The third kappa shape index (κ3) is 4.79. The molecule has 0 aromatic heterocycles. The van der Waals surface area contributed by atoms with Gasteiger partial charge in [-0.05, 0) is 13.8 Å². The molecule has 0 rings (SSSR count). The van der Waals surface area contributed by atoms with Gasteiger partial charge in [-0.25, -0.2) is 4.89 Å². The zero-order valence-electron chi connectivity index (χ0n) is 6.38. The van der Waals surface area contributed by atoms with Crippen LogP contribution in [0, 0.1) is 0 Å². The Morgan fingerprint density at radius 2 is 2.00 bits per heavy atom. The number of nitrogens with one attached hydrogen (secondary N) is 1. The van der Waals surface area contributed by atoms with Crippen LogP contribution in [0.1, 0.15) is 13.8 Å². The second-order valence-electron chi connectivity index (χ2n) is 2.35. The summed E-state index contributed by atoms with van der Waals surface area (Å²) in [5.41, 5.74) is 0. The first-order chi connectivity index (χ1) is 3.98. The summed E-state index contributed by atoms with van der Waals surface area (Å²) in [6.45, 7) is 5.61. The quantitative estimate of drug-likeness (QED) is 0.593. The molecule has 0 amide bonds. The van der Waals surface area contributed by atoms with Crippen molar-refractivity contribution < 1.29 is 9.42 Å². The minimum Gasteiger partial charge on any atom is -0.202 e. The van der Waals surface area contributed by atoms with Crippen molar-refractivity contribution in [3.8, 4) is 0 Å². The third-order valence-corrected chi connectivity index (χ3v) is 2.56. The molecule has 1 atom stereocenters. The van der Waals surface area contributed by atoms with Crippen molar-refractivity contribution in [3.05, 3.63) is 0 Å². The molecular weight excluding hydrogens is 137 g/mol. The van der Waals surface area contributed by atoms with Crippen molar-refractivity contribution in [3.63, 3.8) is 0 Å². The highest BCUT2D eigenvalue weighted by atomic mass is 31.2. The van der Waals surface area contributed by atoms with E-state index in [1.54, 1.807) is 6.66 Å². The highest BCUT2D eigenvalue weighted by molar-refractivity contribution is 7.62.